The molecule has 0 saturated heterocycles. The second kappa shape index (κ2) is 6.13. The van der Waals surface area contributed by atoms with Crippen molar-refractivity contribution in [3.8, 4) is 5.75 Å². The molecule has 2 nitrogen and oxygen atoms in total. The molecule has 1 N–H and O–H groups in total. The zero-order valence-electron chi connectivity index (χ0n) is 9.01. The van der Waals surface area contributed by atoms with E-state index in [0.29, 0.717) is 0 Å². The molecule has 0 bridgehead atoms. The lowest BCUT2D eigenvalue weighted by Gasteiger charge is -2.12. The van der Waals surface area contributed by atoms with Crippen LogP contribution in [0.15, 0.2) is 12.1 Å². The second-order valence-electron chi connectivity index (χ2n) is 3.31. The first kappa shape index (κ1) is 12.5. The number of hydrogen-bond donors (Lipinski definition) is 2. The van der Waals surface area contributed by atoms with E-state index in [-0.39, 0.29) is 0 Å². The predicted octanol–water partition coefficient (Wildman–Crippen LogP) is 3.39. The first-order valence-corrected chi connectivity index (χ1v) is 5.89. The van der Waals surface area contributed by atoms with E-state index in [1.54, 1.807) is 7.11 Å². The van der Waals surface area contributed by atoms with E-state index in [4.69, 9.17) is 16.3 Å². The summed E-state index contributed by atoms with van der Waals surface area (Å²) < 4.78 is 5.27. The zero-order chi connectivity index (χ0) is 11.3. The first-order valence-electron chi connectivity index (χ1n) is 4.88. The Morgan fingerprint density at radius 1 is 1.47 bits per heavy atom. The van der Waals surface area contributed by atoms with E-state index in [1.165, 1.54) is 0 Å². The molecule has 84 valence electrons. The molecular weight excluding hydrogens is 230 g/mol. The minimum absolute atomic E-state index is 0.754. The molecular formula is C11H16ClNOS. The number of anilines is 1. The third-order valence-corrected chi connectivity index (χ3v) is 2.85. The summed E-state index contributed by atoms with van der Waals surface area (Å²) in [6.45, 7) is 2.83. The van der Waals surface area contributed by atoms with Crippen molar-refractivity contribution in [1.29, 1.82) is 0 Å². The molecule has 1 rings (SSSR count). The van der Waals surface area contributed by atoms with Crippen LogP contribution in [0.5, 0.6) is 5.75 Å². The fraction of sp³-hybridized carbons (Fsp3) is 0.455. The molecule has 0 aliphatic rings. The van der Waals surface area contributed by atoms with Gasteiger partial charge in [0.2, 0.25) is 0 Å². The Labute approximate surface area is 101 Å². The van der Waals surface area contributed by atoms with Gasteiger partial charge in [-0.3, -0.25) is 0 Å². The number of benzene rings is 1. The van der Waals surface area contributed by atoms with Gasteiger partial charge in [-0.2, -0.15) is 12.6 Å². The monoisotopic (exact) mass is 245 g/mol. The second-order valence-corrected chi connectivity index (χ2v) is 4.16. The normalized spacial score (nSPS) is 10.1. The van der Waals surface area contributed by atoms with Gasteiger partial charge in [0.1, 0.15) is 5.75 Å². The molecule has 0 aromatic heterocycles. The summed E-state index contributed by atoms with van der Waals surface area (Å²) in [6, 6.07) is 3.83. The third-order valence-electron chi connectivity index (χ3n) is 2.13. The molecule has 1 aromatic rings. The Morgan fingerprint density at radius 3 is 2.80 bits per heavy atom. The van der Waals surface area contributed by atoms with Gasteiger partial charge in [-0.25, -0.2) is 0 Å². The molecule has 15 heavy (non-hydrogen) atoms. The van der Waals surface area contributed by atoms with Crippen LogP contribution in [0.1, 0.15) is 12.0 Å². The van der Waals surface area contributed by atoms with Gasteiger partial charge in [0, 0.05) is 11.6 Å². The number of aryl methyl sites for hydroxylation is 1. The molecule has 0 spiro atoms. The van der Waals surface area contributed by atoms with Crippen molar-refractivity contribution < 1.29 is 4.74 Å². The van der Waals surface area contributed by atoms with Crippen molar-refractivity contribution in [2.24, 2.45) is 0 Å². The molecule has 4 heteroatoms. The van der Waals surface area contributed by atoms with Gasteiger partial charge in [0.05, 0.1) is 12.8 Å². The Balaban J connectivity index is 2.80. The third kappa shape index (κ3) is 3.50. The molecule has 0 aliphatic carbocycles. The van der Waals surface area contributed by atoms with Crippen LogP contribution in [-0.4, -0.2) is 19.4 Å². The summed E-state index contributed by atoms with van der Waals surface area (Å²) in [5, 5.41) is 4.03. The average molecular weight is 246 g/mol. The lowest BCUT2D eigenvalue weighted by atomic mass is 10.2. The molecule has 0 aliphatic heterocycles. The van der Waals surface area contributed by atoms with Crippen LogP contribution >= 0.6 is 24.2 Å². The quantitative estimate of drug-likeness (QED) is 0.613. The van der Waals surface area contributed by atoms with Crippen molar-refractivity contribution in [2.45, 2.75) is 13.3 Å². The highest BCUT2D eigenvalue weighted by atomic mass is 35.5. The highest BCUT2D eigenvalue weighted by Gasteiger charge is 2.05. The van der Waals surface area contributed by atoms with Crippen LogP contribution in [0.4, 0.5) is 5.69 Å². The minimum atomic E-state index is 0.754. The fourth-order valence-corrected chi connectivity index (χ4v) is 1.59. The predicted molar refractivity (Wildman–Crippen MR) is 69.7 cm³/mol. The molecule has 1 aromatic carbocycles. The number of nitrogens with one attached hydrogen (secondary N) is 1. The number of halogens is 1. The summed E-state index contributed by atoms with van der Waals surface area (Å²) >= 11 is 10.2. The van der Waals surface area contributed by atoms with Crippen LogP contribution in [0, 0.1) is 6.92 Å². The van der Waals surface area contributed by atoms with Crippen LogP contribution in [0.25, 0.3) is 0 Å². The Kier molecular flexibility index (Phi) is 5.12. The smallest absolute Gasteiger partial charge is 0.142 e. The number of thiol groups is 1. The summed E-state index contributed by atoms with van der Waals surface area (Å²) in [4.78, 5) is 0. The standard InChI is InChI=1S/C11H16ClNOS/c1-8-6-11(14-2)10(7-9(8)12)13-4-3-5-15/h6-7,13,15H,3-5H2,1-2H3. The van der Waals surface area contributed by atoms with Gasteiger partial charge in [-0.15, -0.1) is 0 Å². The van der Waals surface area contributed by atoms with E-state index in [9.17, 15) is 0 Å². The molecule has 0 atom stereocenters. The van der Waals surface area contributed by atoms with Crippen molar-refractivity contribution in [1.82, 2.24) is 0 Å². The molecule has 0 unspecified atom stereocenters. The first-order chi connectivity index (χ1) is 7.19. The summed E-state index contributed by atoms with van der Waals surface area (Å²) in [5.41, 5.74) is 1.96. The minimum Gasteiger partial charge on any atom is -0.495 e. The molecule has 0 radical (unpaired) electrons. The largest absolute Gasteiger partial charge is 0.495 e. The van der Waals surface area contributed by atoms with Crippen molar-refractivity contribution in [3.05, 3.63) is 22.7 Å². The van der Waals surface area contributed by atoms with E-state index in [0.717, 1.165) is 40.7 Å². The number of rotatable bonds is 5. The molecule has 0 amide bonds. The summed E-state index contributed by atoms with van der Waals surface area (Å²) in [6.07, 6.45) is 1.01. The van der Waals surface area contributed by atoms with E-state index in [2.05, 4.69) is 17.9 Å². The van der Waals surface area contributed by atoms with Crippen LogP contribution in [-0.2, 0) is 0 Å². The van der Waals surface area contributed by atoms with Gasteiger partial charge in [0.25, 0.3) is 0 Å². The van der Waals surface area contributed by atoms with E-state index in [1.807, 2.05) is 19.1 Å². The number of hydrogen-bond acceptors (Lipinski definition) is 3. The maximum atomic E-state index is 6.04. The number of ether oxygens (including phenoxy) is 1. The van der Waals surface area contributed by atoms with Gasteiger partial charge >= 0.3 is 0 Å². The maximum absolute atomic E-state index is 6.04. The molecule has 0 fully saturated rings. The lowest BCUT2D eigenvalue weighted by molar-refractivity contribution is 0.416. The van der Waals surface area contributed by atoms with Crippen molar-refractivity contribution in [2.75, 3.05) is 24.7 Å². The van der Waals surface area contributed by atoms with Crippen molar-refractivity contribution in [3.63, 3.8) is 0 Å². The molecule has 0 saturated carbocycles. The van der Waals surface area contributed by atoms with Gasteiger partial charge in [-0.05, 0) is 36.8 Å². The van der Waals surface area contributed by atoms with Crippen LogP contribution in [0.2, 0.25) is 5.02 Å². The lowest BCUT2D eigenvalue weighted by Crippen LogP contribution is -2.04. The summed E-state index contributed by atoms with van der Waals surface area (Å²) in [5.74, 6) is 1.70. The van der Waals surface area contributed by atoms with Crippen LogP contribution < -0.4 is 10.1 Å². The maximum Gasteiger partial charge on any atom is 0.142 e. The Bertz CT molecular complexity index is 331. The zero-order valence-corrected chi connectivity index (χ0v) is 10.7. The van der Waals surface area contributed by atoms with Gasteiger partial charge in [-0.1, -0.05) is 11.6 Å². The van der Waals surface area contributed by atoms with E-state index < -0.39 is 0 Å². The topological polar surface area (TPSA) is 21.3 Å². The SMILES string of the molecule is COc1cc(C)c(Cl)cc1NCCCS. The summed E-state index contributed by atoms with van der Waals surface area (Å²) in [7, 11) is 1.66. The Hall–Kier alpha value is -0.540. The van der Waals surface area contributed by atoms with Crippen LogP contribution in [0.3, 0.4) is 0 Å². The molecule has 0 heterocycles. The van der Waals surface area contributed by atoms with E-state index >= 15 is 0 Å². The Morgan fingerprint density at radius 2 is 2.20 bits per heavy atom. The fourth-order valence-electron chi connectivity index (χ4n) is 1.26. The highest BCUT2D eigenvalue weighted by Crippen LogP contribution is 2.30. The van der Waals surface area contributed by atoms with Gasteiger partial charge < -0.3 is 10.1 Å². The highest BCUT2D eigenvalue weighted by molar-refractivity contribution is 7.80. The van der Waals surface area contributed by atoms with Crippen molar-refractivity contribution >= 4 is 29.9 Å². The average Bonchev–Trinajstić information content (AvgIpc) is 2.23. The number of methoxy groups -OCH3 is 1. The van der Waals surface area contributed by atoms with Gasteiger partial charge in [0.15, 0.2) is 0 Å².